The first-order chi connectivity index (χ1) is 13.3. The molecule has 0 amide bonds. The maximum absolute atomic E-state index is 5.97. The van der Waals surface area contributed by atoms with Crippen molar-refractivity contribution in [2.24, 2.45) is 0 Å². The molecule has 3 aromatic carbocycles. The average molecular weight is 371 g/mol. The smallest absolute Gasteiger partial charge is 0.138 e. The molecule has 2 heterocycles. The number of imidazole rings is 1. The van der Waals surface area contributed by atoms with Crippen LogP contribution in [0, 0.1) is 0 Å². The van der Waals surface area contributed by atoms with Gasteiger partial charge in [-0.3, -0.25) is 4.98 Å². The summed E-state index contributed by atoms with van der Waals surface area (Å²) >= 11 is 5.97. The number of anilines is 2. The molecular weight excluding hydrogens is 356 g/mol. The van der Waals surface area contributed by atoms with Crippen molar-refractivity contribution in [3.63, 3.8) is 0 Å². The summed E-state index contributed by atoms with van der Waals surface area (Å²) in [6.07, 6.45) is 1.82. The Balaban J connectivity index is 1.52. The minimum absolute atomic E-state index is 0.714. The summed E-state index contributed by atoms with van der Waals surface area (Å²) in [4.78, 5) is 12.5. The molecule has 27 heavy (non-hydrogen) atoms. The third-order valence-electron chi connectivity index (χ3n) is 4.53. The first kappa shape index (κ1) is 15.9. The maximum Gasteiger partial charge on any atom is 0.138 e. The molecule has 0 radical (unpaired) electrons. The van der Waals surface area contributed by atoms with Gasteiger partial charge in [0.2, 0.25) is 0 Å². The van der Waals surface area contributed by atoms with Gasteiger partial charge in [0.25, 0.3) is 0 Å². The molecule has 5 rings (SSSR count). The summed E-state index contributed by atoms with van der Waals surface area (Å²) in [5, 5.41) is 5.29. The molecule has 130 valence electrons. The number of aromatic amines is 1. The normalized spacial score (nSPS) is 11.1. The lowest BCUT2D eigenvalue weighted by molar-refractivity contribution is 1.34. The Hall–Kier alpha value is -3.37. The number of hydrogen-bond donors (Lipinski definition) is 2. The molecule has 2 aromatic heterocycles. The lowest BCUT2D eigenvalue weighted by Gasteiger charge is -2.09. The van der Waals surface area contributed by atoms with Gasteiger partial charge in [0.1, 0.15) is 5.82 Å². The average Bonchev–Trinajstić information content (AvgIpc) is 3.12. The van der Waals surface area contributed by atoms with Crippen LogP contribution in [0.2, 0.25) is 5.02 Å². The molecule has 0 saturated heterocycles. The Morgan fingerprint density at radius 2 is 1.70 bits per heavy atom. The molecule has 0 saturated carbocycles. The fourth-order valence-electron chi connectivity index (χ4n) is 3.19. The Morgan fingerprint density at radius 1 is 0.852 bits per heavy atom. The topological polar surface area (TPSA) is 53.6 Å². The van der Waals surface area contributed by atoms with Crippen molar-refractivity contribution in [1.29, 1.82) is 0 Å². The zero-order valence-electron chi connectivity index (χ0n) is 14.3. The van der Waals surface area contributed by atoms with Crippen LogP contribution < -0.4 is 5.32 Å². The molecule has 5 aromatic rings. The van der Waals surface area contributed by atoms with Gasteiger partial charge in [-0.1, -0.05) is 29.8 Å². The number of nitrogens with zero attached hydrogens (tertiary/aromatic N) is 2. The van der Waals surface area contributed by atoms with Crippen LogP contribution in [0.4, 0.5) is 11.4 Å². The maximum atomic E-state index is 5.97. The number of benzene rings is 3. The molecule has 0 bridgehead atoms. The predicted molar refractivity (Wildman–Crippen MR) is 112 cm³/mol. The van der Waals surface area contributed by atoms with Crippen LogP contribution in [0.3, 0.4) is 0 Å². The van der Waals surface area contributed by atoms with Gasteiger partial charge in [0.15, 0.2) is 0 Å². The van der Waals surface area contributed by atoms with Crippen LogP contribution in [0.15, 0.2) is 79.0 Å². The van der Waals surface area contributed by atoms with Crippen LogP contribution in [0.5, 0.6) is 0 Å². The van der Waals surface area contributed by atoms with E-state index in [1.165, 1.54) is 0 Å². The molecular formula is C22H15ClN4. The highest BCUT2D eigenvalue weighted by Gasteiger charge is 2.07. The quantitative estimate of drug-likeness (QED) is 0.399. The van der Waals surface area contributed by atoms with Crippen LogP contribution in [0.25, 0.3) is 33.3 Å². The zero-order chi connectivity index (χ0) is 18.2. The number of pyridine rings is 1. The van der Waals surface area contributed by atoms with Crippen molar-refractivity contribution in [3.8, 4) is 11.4 Å². The third-order valence-corrected chi connectivity index (χ3v) is 4.78. The second-order valence-corrected chi connectivity index (χ2v) is 6.76. The highest BCUT2D eigenvalue weighted by atomic mass is 35.5. The Morgan fingerprint density at radius 3 is 2.59 bits per heavy atom. The number of halogens is 1. The van der Waals surface area contributed by atoms with Gasteiger partial charge in [0.05, 0.1) is 16.6 Å². The number of rotatable bonds is 3. The molecule has 2 N–H and O–H groups in total. The highest BCUT2D eigenvalue weighted by molar-refractivity contribution is 6.30. The van der Waals surface area contributed by atoms with E-state index in [1.54, 1.807) is 0 Å². The van der Waals surface area contributed by atoms with Crippen molar-refractivity contribution in [2.75, 3.05) is 5.32 Å². The Labute approximate surface area is 160 Å². The van der Waals surface area contributed by atoms with E-state index in [1.807, 2.05) is 66.9 Å². The minimum atomic E-state index is 0.714. The molecule has 0 aliphatic heterocycles. The minimum Gasteiger partial charge on any atom is -0.355 e. The van der Waals surface area contributed by atoms with Crippen molar-refractivity contribution < 1.29 is 0 Å². The molecule has 4 nitrogen and oxygen atoms in total. The molecule has 0 aliphatic rings. The van der Waals surface area contributed by atoms with Gasteiger partial charge in [-0.15, -0.1) is 0 Å². The van der Waals surface area contributed by atoms with Crippen LogP contribution >= 0.6 is 11.6 Å². The van der Waals surface area contributed by atoms with E-state index >= 15 is 0 Å². The first-order valence-electron chi connectivity index (χ1n) is 8.63. The number of nitrogens with one attached hydrogen (secondary N) is 2. The fourth-order valence-corrected chi connectivity index (χ4v) is 3.32. The summed E-state index contributed by atoms with van der Waals surface area (Å²) in [5.74, 6) is 0.827. The summed E-state index contributed by atoms with van der Waals surface area (Å²) in [7, 11) is 0. The van der Waals surface area contributed by atoms with Gasteiger partial charge in [-0.2, -0.15) is 0 Å². The van der Waals surface area contributed by atoms with Crippen molar-refractivity contribution in [3.05, 3.63) is 84.0 Å². The summed E-state index contributed by atoms with van der Waals surface area (Å²) in [5.41, 5.74) is 5.89. The molecule has 0 unspecified atom stereocenters. The van der Waals surface area contributed by atoms with Gasteiger partial charge in [0, 0.05) is 33.5 Å². The standard InChI is InChI=1S/C22H15ClN4/c23-15-7-5-14(6-8-15)22-26-20-10-9-16(13-21(20)27-22)25-19-11-12-24-18-4-2-1-3-17(18)19/h1-13H,(H,24,25)(H,26,27). The van der Waals surface area contributed by atoms with E-state index in [0.717, 1.165) is 44.7 Å². The van der Waals surface area contributed by atoms with E-state index in [2.05, 4.69) is 32.4 Å². The molecule has 0 spiro atoms. The summed E-state index contributed by atoms with van der Waals surface area (Å²) < 4.78 is 0. The number of hydrogen-bond acceptors (Lipinski definition) is 3. The van der Waals surface area contributed by atoms with Crippen LogP contribution in [-0.4, -0.2) is 15.0 Å². The number of H-pyrrole nitrogens is 1. The molecule has 0 atom stereocenters. The van der Waals surface area contributed by atoms with Gasteiger partial charge >= 0.3 is 0 Å². The van der Waals surface area contributed by atoms with Gasteiger partial charge < -0.3 is 10.3 Å². The second-order valence-electron chi connectivity index (χ2n) is 6.32. The van der Waals surface area contributed by atoms with Crippen molar-refractivity contribution >= 4 is 44.9 Å². The van der Waals surface area contributed by atoms with E-state index in [4.69, 9.17) is 11.6 Å². The van der Waals surface area contributed by atoms with Crippen molar-refractivity contribution in [1.82, 2.24) is 15.0 Å². The SMILES string of the molecule is Clc1ccc(-c2nc3ccc(Nc4ccnc5ccccc45)cc3[nH]2)cc1. The van der Waals surface area contributed by atoms with Crippen LogP contribution in [-0.2, 0) is 0 Å². The summed E-state index contributed by atoms with van der Waals surface area (Å²) in [6.45, 7) is 0. The fraction of sp³-hybridized carbons (Fsp3) is 0. The summed E-state index contributed by atoms with van der Waals surface area (Å²) in [6, 6.07) is 23.8. The van der Waals surface area contributed by atoms with Gasteiger partial charge in [-0.05, 0) is 54.6 Å². The first-order valence-corrected chi connectivity index (χ1v) is 9.00. The lowest BCUT2D eigenvalue weighted by Crippen LogP contribution is -1.92. The van der Waals surface area contributed by atoms with E-state index < -0.39 is 0 Å². The monoisotopic (exact) mass is 370 g/mol. The van der Waals surface area contributed by atoms with E-state index in [9.17, 15) is 0 Å². The Bertz CT molecular complexity index is 1250. The lowest BCUT2D eigenvalue weighted by atomic mass is 10.2. The van der Waals surface area contributed by atoms with Crippen LogP contribution in [0.1, 0.15) is 0 Å². The number of aromatic nitrogens is 3. The second kappa shape index (κ2) is 6.41. The number of fused-ring (bicyclic) bond motifs is 2. The molecule has 0 aliphatic carbocycles. The molecule has 5 heteroatoms. The predicted octanol–water partition coefficient (Wildman–Crippen LogP) is 6.18. The zero-order valence-corrected chi connectivity index (χ0v) is 15.0. The van der Waals surface area contributed by atoms with Crippen molar-refractivity contribution in [2.45, 2.75) is 0 Å². The Kier molecular flexibility index (Phi) is 3.77. The van der Waals surface area contributed by atoms with Gasteiger partial charge in [-0.25, -0.2) is 4.98 Å². The number of para-hydroxylation sites is 1. The van der Waals surface area contributed by atoms with E-state index in [0.29, 0.717) is 5.02 Å². The van der Waals surface area contributed by atoms with E-state index in [-0.39, 0.29) is 0 Å². The molecule has 0 fully saturated rings. The highest BCUT2D eigenvalue weighted by Crippen LogP contribution is 2.28. The largest absolute Gasteiger partial charge is 0.355 e. The third kappa shape index (κ3) is 3.00.